The Hall–Kier alpha value is -1.32. The van der Waals surface area contributed by atoms with Crippen molar-refractivity contribution < 1.29 is 0 Å². The van der Waals surface area contributed by atoms with Crippen molar-refractivity contribution in [2.24, 2.45) is 5.73 Å². The standard InChI is InChI=1S/C18H26N2S/c1-4-16(19)13-15-7-8-18(14(2)12-15)20(3)10-9-17-6-5-11-21-17/h5-8,11-12,16H,4,9-10,13,19H2,1-3H3. The summed E-state index contributed by atoms with van der Waals surface area (Å²) >= 11 is 1.84. The summed E-state index contributed by atoms with van der Waals surface area (Å²) in [4.78, 5) is 3.79. The molecule has 3 heteroatoms. The fourth-order valence-electron chi connectivity index (χ4n) is 2.57. The minimum atomic E-state index is 0.270. The molecule has 0 aliphatic heterocycles. The fraction of sp³-hybridized carbons (Fsp3) is 0.444. The van der Waals surface area contributed by atoms with Gasteiger partial charge in [-0.05, 0) is 54.8 Å². The van der Waals surface area contributed by atoms with Gasteiger partial charge in [0.1, 0.15) is 0 Å². The minimum absolute atomic E-state index is 0.270. The highest BCUT2D eigenvalue weighted by Gasteiger charge is 2.08. The van der Waals surface area contributed by atoms with Crippen molar-refractivity contribution in [2.45, 2.75) is 39.2 Å². The van der Waals surface area contributed by atoms with Gasteiger partial charge in [-0.3, -0.25) is 0 Å². The highest BCUT2D eigenvalue weighted by molar-refractivity contribution is 7.09. The number of aryl methyl sites for hydroxylation is 1. The van der Waals surface area contributed by atoms with E-state index >= 15 is 0 Å². The molecule has 114 valence electrons. The first kappa shape index (κ1) is 16.1. The molecule has 0 amide bonds. The van der Waals surface area contributed by atoms with Crippen LogP contribution < -0.4 is 10.6 Å². The molecule has 21 heavy (non-hydrogen) atoms. The number of hydrogen-bond acceptors (Lipinski definition) is 3. The summed E-state index contributed by atoms with van der Waals surface area (Å²) in [5, 5.41) is 2.15. The Kier molecular flexibility index (Phi) is 5.83. The molecule has 1 aromatic heterocycles. The first-order valence-electron chi connectivity index (χ1n) is 7.68. The van der Waals surface area contributed by atoms with Crippen molar-refractivity contribution in [1.29, 1.82) is 0 Å². The molecule has 2 nitrogen and oxygen atoms in total. The summed E-state index contributed by atoms with van der Waals surface area (Å²) in [6, 6.07) is 11.3. The van der Waals surface area contributed by atoms with E-state index in [1.54, 1.807) is 0 Å². The predicted octanol–water partition coefficient (Wildman–Crippen LogP) is 4.02. The Morgan fingerprint density at radius 2 is 2.10 bits per heavy atom. The van der Waals surface area contributed by atoms with Gasteiger partial charge >= 0.3 is 0 Å². The van der Waals surface area contributed by atoms with Gasteiger partial charge in [-0.25, -0.2) is 0 Å². The van der Waals surface area contributed by atoms with Crippen molar-refractivity contribution >= 4 is 17.0 Å². The molecule has 0 bridgehead atoms. The number of nitrogens with zero attached hydrogens (tertiary/aromatic N) is 1. The van der Waals surface area contributed by atoms with E-state index in [-0.39, 0.29) is 6.04 Å². The molecule has 1 unspecified atom stereocenters. The van der Waals surface area contributed by atoms with Gasteiger partial charge in [-0.1, -0.05) is 25.1 Å². The quantitative estimate of drug-likeness (QED) is 0.837. The molecule has 0 aliphatic rings. The molecule has 0 fully saturated rings. The topological polar surface area (TPSA) is 29.3 Å². The van der Waals surface area contributed by atoms with Crippen molar-refractivity contribution in [3.8, 4) is 0 Å². The smallest absolute Gasteiger partial charge is 0.0393 e. The van der Waals surface area contributed by atoms with E-state index in [1.807, 2.05) is 11.3 Å². The van der Waals surface area contributed by atoms with Crippen LogP contribution in [0, 0.1) is 6.92 Å². The van der Waals surface area contributed by atoms with Crippen LogP contribution in [0.4, 0.5) is 5.69 Å². The van der Waals surface area contributed by atoms with Crippen LogP contribution >= 0.6 is 11.3 Å². The van der Waals surface area contributed by atoms with Gasteiger partial charge in [0.05, 0.1) is 0 Å². The van der Waals surface area contributed by atoms with Crippen molar-refractivity contribution in [1.82, 2.24) is 0 Å². The van der Waals surface area contributed by atoms with E-state index in [9.17, 15) is 0 Å². The van der Waals surface area contributed by atoms with Crippen LogP contribution in [0.15, 0.2) is 35.7 Å². The Bertz CT molecular complexity index is 548. The monoisotopic (exact) mass is 302 g/mol. The van der Waals surface area contributed by atoms with Gasteiger partial charge in [0.2, 0.25) is 0 Å². The van der Waals surface area contributed by atoms with Crippen LogP contribution in [0.25, 0.3) is 0 Å². The highest BCUT2D eigenvalue weighted by Crippen LogP contribution is 2.22. The number of nitrogens with two attached hydrogens (primary N) is 1. The van der Waals surface area contributed by atoms with E-state index in [2.05, 4.69) is 61.5 Å². The molecule has 1 atom stereocenters. The largest absolute Gasteiger partial charge is 0.374 e. The molecule has 0 saturated carbocycles. The molecule has 2 aromatic rings. The highest BCUT2D eigenvalue weighted by atomic mass is 32.1. The van der Waals surface area contributed by atoms with Crippen LogP contribution in [-0.2, 0) is 12.8 Å². The number of anilines is 1. The van der Waals surface area contributed by atoms with E-state index in [0.29, 0.717) is 0 Å². The summed E-state index contributed by atoms with van der Waals surface area (Å²) in [7, 11) is 2.17. The average molecular weight is 302 g/mol. The zero-order chi connectivity index (χ0) is 15.2. The zero-order valence-corrected chi connectivity index (χ0v) is 14.1. The van der Waals surface area contributed by atoms with Crippen molar-refractivity contribution in [2.75, 3.05) is 18.5 Å². The minimum Gasteiger partial charge on any atom is -0.374 e. The SMILES string of the molecule is CCC(N)Cc1ccc(N(C)CCc2cccs2)c(C)c1. The van der Waals surface area contributed by atoms with Gasteiger partial charge in [0.15, 0.2) is 0 Å². The lowest BCUT2D eigenvalue weighted by Gasteiger charge is -2.22. The molecule has 0 aliphatic carbocycles. The summed E-state index contributed by atoms with van der Waals surface area (Å²) in [5.41, 5.74) is 10.0. The lowest BCUT2D eigenvalue weighted by atomic mass is 10.0. The number of thiophene rings is 1. The van der Waals surface area contributed by atoms with E-state index in [4.69, 9.17) is 5.73 Å². The Balaban J connectivity index is 1.99. The van der Waals surface area contributed by atoms with E-state index < -0.39 is 0 Å². The summed E-state index contributed by atoms with van der Waals surface area (Å²) in [6.45, 7) is 5.39. The second-order valence-corrected chi connectivity index (χ2v) is 6.78. The molecule has 2 N–H and O–H groups in total. The molecule has 1 heterocycles. The summed E-state index contributed by atoms with van der Waals surface area (Å²) in [5.74, 6) is 0. The Labute approximate surface area is 132 Å². The maximum absolute atomic E-state index is 6.05. The molecule has 0 spiro atoms. The molecule has 0 saturated heterocycles. The van der Waals surface area contributed by atoms with Crippen LogP contribution in [-0.4, -0.2) is 19.6 Å². The van der Waals surface area contributed by atoms with Gasteiger partial charge in [0, 0.05) is 30.2 Å². The third-order valence-electron chi connectivity index (χ3n) is 3.97. The van der Waals surface area contributed by atoms with Crippen LogP contribution in [0.3, 0.4) is 0 Å². The predicted molar refractivity (Wildman–Crippen MR) is 94.4 cm³/mol. The maximum Gasteiger partial charge on any atom is 0.0393 e. The lowest BCUT2D eigenvalue weighted by molar-refractivity contribution is 0.646. The van der Waals surface area contributed by atoms with Gasteiger partial charge < -0.3 is 10.6 Å². The number of rotatable bonds is 7. The molecule has 1 aromatic carbocycles. The normalized spacial score (nSPS) is 12.4. The maximum atomic E-state index is 6.05. The zero-order valence-electron chi connectivity index (χ0n) is 13.3. The molecular weight excluding hydrogens is 276 g/mol. The van der Waals surface area contributed by atoms with E-state index in [1.165, 1.54) is 21.7 Å². The third-order valence-corrected chi connectivity index (χ3v) is 4.90. The van der Waals surface area contributed by atoms with E-state index in [0.717, 1.165) is 25.8 Å². The number of benzene rings is 1. The second kappa shape index (κ2) is 7.62. The third kappa shape index (κ3) is 4.58. The number of likely N-dealkylation sites (N-methyl/N-ethyl adjacent to an activating group) is 1. The lowest BCUT2D eigenvalue weighted by Crippen LogP contribution is -2.22. The first-order valence-corrected chi connectivity index (χ1v) is 8.56. The van der Waals surface area contributed by atoms with Crippen LogP contribution in [0.2, 0.25) is 0 Å². The van der Waals surface area contributed by atoms with Gasteiger partial charge in [0.25, 0.3) is 0 Å². The second-order valence-electron chi connectivity index (χ2n) is 5.74. The summed E-state index contributed by atoms with van der Waals surface area (Å²) < 4.78 is 0. The molecular formula is C18H26N2S. The van der Waals surface area contributed by atoms with Gasteiger partial charge in [-0.15, -0.1) is 11.3 Å². The number of hydrogen-bond donors (Lipinski definition) is 1. The fourth-order valence-corrected chi connectivity index (χ4v) is 3.27. The average Bonchev–Trinajstić information content (AvgIpc) is 2.98. The first-order chi connectivity index (χ1) is 10.1. The van der Waals surface area contributed by atoms with Crippen molar-refractivity contribution in [3.63, 3.8) is 0 Å². The molecule has 2 rings (SSSR count). The Morgan fingerprint density at radius 3 is 2.71 bits per heavy atom. The van der Waals surface area contributed by atoms with Gasteiger partial charge in [-0.2, -0.15) is 0 Å². The molecule has 0 radical (unpaired) electrons. The van der Waals surface area contributed by atoms with Crippen LogP contribution in [0.1, 0.15) is 29.3 Å². The Morgan fingerprint density at radius 1 is 1.29 bits per heavy atom. The van der Waals surface area contributed by atoms with Crippen LogP contribution in [0.5, 0.6) is 0 Å². The van der Waals surface area contributed by atoms with Crippen molar-refractivity contribution in [3.05, 3.63) is 51.7 Å². The summed E-state index contributed by atoms with van der Waals surface area (Å²) in [6.07, 6.45) is 3.11.